The van der Waals surface area contributed by atoms with E-state index in [2.05, 4.69) is 35.6 Å². The largest absolute Gasteiger partial charge is 0.395 e. The van der Waals surface area contributed by atoms with E-state index in [1.54, 1.807) is 11.3 Å². The van der Waals surface area contributed by atoms with Crippen molar-refractivity contribution in [2.45, 2.75) is 27.3 Å². The smallest absolute Gasteiger partial charge is 0.185 e. The molecule has 1 heterocycles. The molecule has 4 nitrogen and oxygen atoms in total. The Kier molecular flexibility index (Phi) is 6.47. The molecule has 5 heteroatoms. The molecule has 0 unspecified atom stereocenters. The minimum Gasteiger partial charge on any atom is -0.395 e. The van der Waals surface area contributed by atoms with Crippen molar-refractivity contribution in [1.29, 1.82) is 0 Å². The van der Waals surface area contributed by atoms with Crippen molar-refractivity contribution in [3.8, 4) is 0 Å². The van der Waals surface area contributed by atoms with Crippen LogP contribution in [0.3, 0.4) is 0 Å². The van der Waals surface area contributed by atoms with Crippen molar-refractivity contribution in [3.63, 3.8) is 0 Å². The van der Waals surface area contributed by atoms with E-state index in [-0.39, 0.29) is 6.61 Å². The van der Waals surface area contributed by atoms with Gasteiger partial charge in [-0.15, -0.1) is 11.3 Å². The maximum atomic E-state index is 8.95. The molecule has 0 amide bonds. The molecular weight excluding hydrogens is 234 g/mol. The fraction of sp³-hybridized carbons (Fsp3) is 0.750. The molecule has 0 fully saturated rings. The first-order valence-corrected chi connectivity index (χ1v) is 7.09. The van der Waals surface area contributed by atoms with Gasteiger partial charge in [-0.25, -0.2) is 4.98 Å². The summed E-state index contributed by atoms with van der Waals surface area (Å²) in [6.45, 7) is 11.2. The van der Waals surface area contributed by atoms with Gasteiger partial charge in [-0.05, 0) is 20.4 Å². The van der Waals surface area contributed by atoms with Crippen LogP contribution in [0.25, 0.3) is 0 Å². The van der Waals surface area contributed by atoms with Crippen LogP contribution in [0.15, 0.2) is 6.20 Å². The molecule has 98 valence electrons. The number of hydrogen-bond acceptors (Lipinski definition) is 5. The van der Waals surface area contributed by atoms with E-state index in [1.165, 1.54) is 4.88 Å². The van der Waals surface area contributed by atoms with E-state index in [1.807, 2.05) is 6.20 Å². The van der Waals surface area contributed by atoms with Crippen molar-refractivity contribution in [2.24, 2.45) is 0 Å². The van der Waals surface area contributed by atoms with Crippen molar-refractivity contribution in [3.05, 3.63) is 11.1 Å². The first-order valence-electron chi connectivity index (χ1n) is 6.27. The molecule has 17 heavy (non-hydrogen) atoms. The van der Waals surface area contributed by atoms with Gasteiger partial charge in [-0.1, -0.05) is 6.92 Å². The minimum absolute atomic E-state index is 0.218. The summed E-state index contributed by atoms with van der Waals surface area (Å²) in [4.78, 5) is 10.2. The summed E-state index contributed by atoms with van der Waals surface area (Å²) in [7, 11) is 0. The number of nitrogens with zero attached hydrogens (tertiary/aromatic N) is 3. The van der Waals surface area contributed by atoms with E-state index in [0.717, 1.165) is 37.9 Å². The molecule has 0 radical (unpaired) electrons. The summed E-state index contributed by atoms with van der Waals surface area (Å²) in [5.74, 6) is 0. The SMILES string of the molecule is CCN(CCO)Cc1cnc(N(CC)CC)s1. The maximum Gasteiger partial charge on any atom is 0.185 e. The third kappa shape index (κ3) is 4.26. The Morgan fingerprint density at radius 3 is 2.47 bits per heavy atom. The van der Waals surface area contributed by atoms with Crippen LogP contribution in [0.4, 0.5) is 5.13 Å². The second kappa shape index (κ2) is 7.63. The second-order valence-electron chi connectivity index (χ2n) is 3.87. The standard InChI is InChI=1S/C12H23N3OS/c1-4-14(7-8-16)10-11-9-13-12(17-11)15(5-2)6-3/h9,16H,4-8,10H2,1-3H3. The lowest BCUT2D eigenvalue weighted by molar-refractivity contribution is 0.198. The number of aromatic nitrogens is 1. The number of likely N-dealkylation sites (N-methyl/N-ethyl adjacent to an activating group) is 1. The lowest BCUT2D eigenvalue weighted by atomic mass is 10.4. The Labute approximate surface area is 108 Å². The van der Waals surface area contributed by atoms with E-state index in [4.69, 9.17) is 5.11 Å². The highest BCUT2D eigenvalue weighted by Gasteiger charge is 2.10. The van der Waals surface area contributed by atoms with Crippen LogP contribution in [-0.2, 0) is 6.54 Å². The summed E-state index contributed by atoms with van der Waals surface area (Å²) in [6, 6.07) is 0. The summed E-state index contributed by atoms with van der Waals surface area (Å²) in [6.07, 6.45) is 1.96. The van der Waals surface area contributed by atoms with Gasteiger partial charge in [-0.3, -0.25) is 4.90 Å². The summed E-state index contributed by atoms with van der Waals surface area (Å²) in [5.41, 5.74) is 0. The predicted molar refractivity (Wildman–Crippen MR) is 73.7 cm³/mol. The van der Waals surface area contributed by atoms with Crippen LogP contribution in [0, 0.1) is 0 Å². The van der Waals surface area contributed by atoms with Crippen LogP contribution in [0.5, 0.6) is 0 Å². The third-order valence-corrected chi connectivity index (χ3v) is 3.86. The van der Waals surface area contributed by atoms with Gasteiger partial charge in [0.25, 0.3) is 0 Å². The van der Waals surface area contributed by atoms with Crippen molar-refractivity contribution in [1.82, 2.24) is 9.88 Å². The van der Waals surface area contributed by atoms with E-state index >= 15 is 0 Å². The predicted octanol–water partition coefficient (Wildman–Crippen LogP) is 1.80. The van der Waals surface area contributed by atoms with Gasteiger partial charge in [0.1, 0.15) is 0 Å². The van der Waals surface area contributed by atoms with E-state index in [9.17, 15) is 0 Å². The molecule has 0 aliphatic heterocycles. The van der Waals surface area contributed by atoms with E-state index < -0.39 is 0 Å². The van der Waals surface area contributed by atoms with Gasteiger partial charge in [0.05, 0.1) is 6.61 Å². The van der Waals surface area contributed by atoms with Gasteiger partial charge < -0.3 is 10.0 Å². The normalized spacial score (nSPS) is 11.1. The van der Waals surface area contributed by atoms with Gasteiger partial charge in [-0.2, -0.15) is 0 Å². The molecule has 1 rings (SSSR count). The number of aliphatic hydroxyl groups excluding tert-OH is 1. The first kappa shape index (κ1) is 14.4. The Bertz CT molecular complexity index is 312. The number of anilines is 1. The Balaban J connectivity index is 2.60. The third-order valence-electron chi connectivity index (χ3n) is 2.82. The van der Waals surface area contributed by atoms with Crippen LogP contribution in [0.2, 0.25) is 0 Å². The molecule has 0 bridgehead atoms. The van der Waals surface area contributed by atoms with E-state index in [0.29, 0.717) is 0 Å². The monoisotopic (exact) mass is 257 g/mol. The zero-order valence-electron chi connectivity index (χ0n) is 11.0. The van der Waals surface area contributed by atoms with Crippen LogP contribution >= 0.6 is 11.3 Å². The molecule has 1 aromatic heterocycles. The molecule has 0 aliphatic carbocycles. The molecule has 0 aliphatic rings. The number of thiazole rings is 1. The first-order chi connectivity index (χ1) is 8.24. The van der Waals surface area contributed by atoms with Crippen LogP contribution in [0.1, 0.15) is 25.6 Å². The number of rotatable bonds is 8. The van der Waals surface area contributed by atoms with Gasteiger partial charge in [0.15, 0.2) is 5.13 Å². The second-order valence-corrected chi connectivity index (χ2v) is 4.97. The zero-order valence-corrected chi connectivity index (χ0v) is 11.8. The molecule has 0 saturated carbocycles. The summed E-state index contributed by atoms with van der Waals surface area (Å²) >= 11 is 1.75. The quantitative estimate of drug-likeness (QED) is 0.771. The number of aliphatic hydroxyl groups is 1. The lowest BCUT2D eigenvalue weighted by Gasteiger charge is -2.18. The van der Waals surface area contributed by atoms with Gasteiger partial charge >= 0.3 is 0 Å². The molecule has 1 N–H and O–H groups in total. The molecule has 0 aromatic carbocycles. The fourth-order valence-corrected chi connectivity index (χ4v) is 2.80. The lowest BCUT2D eigenvalue weighted by Crippen LogP contribution is -2.25. The summed E-state index contributed by atoms with van der Waals surface area (Å²) in [5, 5.41) is 10.1. The number of hydrogen-bond donors (Lipinski definition) is 1. The van der Waals surface area contributed by atoms with Crippen LogP contribution in [-0.4, -0.2) is 47.8 Å². The van der Waals surface area contributed by atoms with Crippen molar-refractivity contribution < 1.29 is 5.11 Å². The van der Waals surface area contributed by atoms with Gasteiger partial charge in [0.2, 0.25) is 0 Å². The molecule has 0 atom stereocenters. The highest BCUT2D eigenvalue weighted by atomic mass is 32.1. The maximum absolute atomic E-state index is 8.95. The highest BCUT2D eigenvalue weighted by molar-refractivity contribution is 7.15. The van der Waals surface area contributed by atoms with Crippen molar-refractivity contribution in [2.75, 3.05) is 37.7 Å². The average Bonchev–Trinajstić information content (AvgIpc) is 2.79. The molecule has 0 spiro atoms. The minimum atomic E-state index is 0.218. The highest BCUT2D eigenvalue weighted by Crippen LogP contribution is 2.23. The van der Waals surface area contributed by atoms with Crippen LogP contribution < -0.4 is 4.90 Å². The molecular formula is C12H23N3OS. The topological polar surface area (TPSA) is 39.6 Å². The molecule has 0 saturated heterocycles. The Hall–Kier alpha value is -0.650. The average molecular weight is 257 g/mol. The zero-order chi connectivity index (χ0) is 12.7. The molecule has 1 aromatic rings. The van der Waals surface area contributed by atoms with Gasteiger partial charge in [0, 0.05) is 37.3 Å². The fourth-order valence-electron chi connectivity index (χ4n) is 1.72. The summed E-state index contributed by atoms with van der Waals surface area (Å²) < 4.78 is 0. The van der Waals surface area contributed by atoms with Crippen molar-refractivity contribution >= 4 is 16.5 Å². The Morgan fingerprint density at radius 2 is 1.94 bits per heavy atom. The Morgan fingerprint density at radius 1 is 1.24 bits per heavy atom.